The third-order valence-corrected chi connectivity index (χ3v) is 3.61. The molecule has 0 spiro atoms. The molecule has 1 aliphatic heterocycles. The molecule has 100 valence electrons. The highest BCUT2D eigenvalue weighted by molar-refractivity contribution is 7.10. The smallest absolute Gasteiger partial charge is 0.307 e. The van der Waals surface area contributed by atoms with E-state index in [2.05, 4.69) is 9.98 Å². The summed E-state index contributed by atoms with van der Waals surface area (Å²) in [6.45, 7) is 0. The first-order chi connectivity index (χ1) is 9.56. The van der Waals surface area contributed by atoms with Crippen LogP contribution in [-0.2, 0) is 0 Å². The fourth-order valence-electron chi connectivity index (χ4n) is 1.97. The molecule has 1 aromatic heterocycles. The van der Waals surface area contributed by atoms with Gasteiger partial charge in [0.2, 0.25) is 5.88 Å². The van der Waals surface area contributed by atoms with Gasteiger partial charge in [-0.05, 0) is 12.1 Å². The molecule has 0 saturated carbocycles. The van der Waals surface area contributed by atoms with Crippen molar-refractivity contribution in [2.45, 2.75) is 0 Å². The van der Waals surface area contributed by atoms with Gasteiger partial charge in [0, 0.05) is 17.9 Å². The van der Waals surface area contributed by atoms with Crippen LogP contribution in [0.15, 0.2) is 28.0 Å². The average Bonchev–Trinajstić information content (AvgIpc) is 2.94. The number of nitro groups is 1. The molecule has 3 rings (SSSR count). The fraction of sp³-hybridized carbons (Fsp3) is 0. The quantitative estimate of drug-likeness (QED) is 0.653. The predicted octanol–water partition coefficient (Wildman–Crippen LogP) is 2.31. The molecule has 2 heterocycles. The number of rotatable bonds is 2. The molecular formula is C12H7N3O4S. The molecule has 8 heteroatoms. The molecule has 0 amide bonds. The lowest BCUT2D eigenvalue weighted by Crippen LogP contribution is -1.93. The SMILES string of the molecule is O=c1[nH]c(O)c(/C=C2\C=Nc3cccc([N+](=O)[O-])c32)s1. The molecule has 0 radical (unpaired) electrons. The van der Waals surface area contributed by atoms with Crippen LogP contribution in [0.4, 0.5) is 11.4 Å². The van der Waals surface area contributed by atoms with E-state index in [0.717, 1.165) is 11.3 Å². The Kier molecular flexibility index (Phi) is 2.72. The van der Waals surface area contributed by atoms with Gasteiger partial charge in [-0.15, -0.1) is 0 Å². The number of H-pyrrole nitrogens is 1. The van der Waals surface area contributed by atoms with Crippen molar-refractivity contribution < 1.29 is 10.0 Å². The van der Waals surface area contributed by atoms with E-state index in [0.29, 0.717) is 21.7 Å². The fourth-order valence-corrected chi connectivity index (χ4v) is 2.65. The number of allylic oxidation sites excluding steroid dienone is 1. The molecule has 0 aliphatic carbocycles. The van der Waals surface area contributed by atoms with Crippen LogP contribution in [0.1, 0.15) is 10.4 Å². The van der Waals surface area contributed by atoms with E-state index in [1.165, 1.54) is 18.4 Å². The zero-order chi connectivity index (χ0) is 14.3. The zero-order valence-electron chi connectivity index (χ0n) is 9.86. The third-order valence-electron chi connectivity index (χ3n) is 2.79. The minimum atomic E-state index is -0.485. The van der Waals surface area contributed by atoms with Crippen molar-refractivity contribution in [1.29, 1.82) is 0 Å². The molecule has 0 bridgehead atoms. The second kappa shape index (κ2) is 4.42. The van der Waals surface area contributed by atoms with Crippen LogP contribution < -0.4 is 4.87 Å². The Balaban J connectivity index is 2.18. The number of hydrogen-bond acceptors (Lipinski definition) is 6. The predicted molar refractivity (Wildman–Crippen MR) is 75.7 cm³/mol. The van der Waals surface area contributed by atoms with Gasteiger partial charge >= 0.3 is 4.87 Å². The zero-order valence-corrected chi connectivity index (χ0v) is 10.7. The van der Waals surface area contributed by atoms with Crippen LogP contribution in [0.3, 0.4) is 0 Å². The maximum absolute atomic E-state index is 11.1. The number of aliphatic imine (C=N–C) groups is 1. The number of aromatic hydroxyl groups is 1. The first-order valence-electron chi connectivity index (χ1n) is 5.52. The Labute approximate surface area is 115 Å². The molecule has 0 saturated heterocycles. The van der Waals surface area contributed by atoms with Crippen molar-refractivity contribution in [3.8, 4) is 5.88 Å². The molecule has 1 aliphatic rings. The van der Waals surface area contributed by atoms with Crippen molar-refractivity contribution in [1.82, 2.24) is 4.98 Å². The van der Waals surface area contributed by atoms with Gasteiger partial charge in [-0.25, -0.2) is 0 Å². The van der Waals surface area contributed by atoms with Crippen LogP contribution in [0, 0.1) is 10.1 Å². The molecule has 0 atom stereocenters. The van der Waals surface area contributed by atoms with Crippen LogP contribution in [0.2, 0.25) is 0 Å². The monoisotopic (exact) mass is 289 g/mol. The summed E-state index contributed by atoms with van der Waals surface area (Å²) in [6, 6.07) is 4.61. The van der Waals surface area contributed by atoms with Gasteiger partial charge in [-0.3, -0.25) is 24.9 Å². The van der Waals surface area contributed by atoms with E-state index < -0.39 is 9.80 Å². The van der Waals surface area contributed by atoms with Crippen LogP contribution in [0.5, 0.6) is 5.88 Å². The number of aromatic nitrogens is 1. The van der Waals surface area contributed by atoms with Gasteiger partial charge in [-0.1, -0.05) is 17.4 Å². The van der Waals surface area contributed by atoms with E-state index in [1.54, 1.807) is 12.1 Å². The first kappa shape index (κ1) is 12.3. The topological polar surface area (TPSA) is 109 Å². The van der Waals surface area contributed by atoms with Crippen molar-refractivity contribution in [3.05, 3.63) is 48.4 Å². The Morgan fingerprint density at radius 3 is 2.90 bits per heavy atom. The Bertz CT molecular complexity index is 831. The molecule has 0 unspecified atom stereocenters. The van der Waals surface area contributed by atoms with Gasteiger partial charge in [0.25, 0.3) is 5.69 Å². The number of aromatic amines is 1. The second-order valence-electron chi connectivity index (χ2n) is 4.01. The number of fused-ring (bicyclic) bond motifs is 1. The molecular weight excluding hydrogens is 282 g/mol. The molecule has 0 fully saturated rings. The number of thiazole rings is 1. The van der Waals surface area contributed by atoms with Crippen molar-refractivity contribution in [3.63, 3.8) is 0 Å². The maximum atomic E-state index is 11.1. The lowest BCUT2D eigenvalue weighted by Gasteiger charge is -2.01. The van der Waals surface area contributed by atoms with Gasteiger partial charge in [0.05, 0.1) is 21.1 Å². The second-order valence-corrected chi connectivity index (χ2v) is 5.03. The lowest BCUT2D eigenvalue weighted by molar-refractivity contribution is -0.385. The molecule has 20 heavy (non-hydrogen) atoms. The summed E-state index contributed by atoms with van der Waals surface area (Å²) >= 11 is 0.821. The summed E-state index contributed by atoms with van der Waals surface area (Å²) in [5.41, 5.74) is 1.30. The highest BCUT2D eigenvalue weighted by Gasteiger charge is 2.24. The summed E-state index contributed by atoms with van der Waals surface area (Å²) in [5, 5.41) is 20.6. The van der Waals surface area contributed by atoms with Crippen LogP contribution >= 0.6 is 11.3 Å². The molecule has 2 N–H and O–H groups in total. The highest BCUT2D eigenvalue weighted by Crippen LogP contribution is 2.39. The van der Waals surface area contributed by atoms with E-state index in [1.807, 2.05) is 0 Å². The van der Waals surface area contributed by atoms with Gasteiger partial charge < -0.3 is 5.11 Å². The van der Waals surface area contributed by atoms with Crippen molar-refractivity contribution in [2.24, 2.45) is 4.99 Å². The summed E-state index contributed by atoms with van der Waals surface area (Å²) in [5.74, 6) is -0.257. The maximum Gasteiger partial charge on any atom is 0.307 e. The summed E-state index contributed by atoms with van der Waals surface area (Å²) in [4.78, 5) is 27.9. The van der Waals surface area contributed by atoms with Gasteiger partial charge in [0.15, 0.2) is 0 Å². The largest absolute Gasteiger partial charge is 0.493 e. The van der Waals surface area contributed by atoms with E-state index in [9.17, 15) is 20.0 Å². The number of nitro benzene ring substituents is 1. The number of nitrogens with zero attached hydrogens (tertiary/aromatic N) is 2. The molecule has 7 nitrogen and oxygen atoms in total. The number of nitrogens with one attached hydrogen (secondary N) is 1. The Hall–Kier alpha value is -2.74. The summed E-state index contributed by atoms with van der Waals surface area (Å²) < 4.78 is 0. The van der Waals surface area contributed by atoms with Crippen LogP contribution in [-0.4, -0.2) is 21.2 Å². The van der Waals surface area contributed by atoms with E-state index >= 15 is 0 Å². The van der Waals surface area contributed by atoms with E-state index in [4.69, 9.17) is 0 Å². The van der Waals surface area contributed by atoms with Crippen LogP contribution in [0.25, 0.3) is 11.6 Å². The molecule has 2 aromatic rings. The summed E-state index contributed by atoms with van der Waals surface area (Å²) in [6.07, 6.45) is 2.97. The minimum Gasteiger partial charge on any atom is -0.493 e. The number of benzene rings is 1. The number of hydrogen-bond donors (Lipinski definition) is 2. The normalized spacial score (nSPS) is 14.7. The first-order valence-corrected chi connectivity index (χ1v) is 6.33. The van der Waals surface area contributed by atoms with E-state index in [-0.39, 0.29) is 11.6 Å². The lowest BCUT2D eigenvalue weighted by atomic mass is 10.0. The van der Waals surface area contributed by atoms with Crippen molar-refractivity contribution in [2.75, 3.05) is 0 Å². The summed E-state index contributed by atoms with van der Waals surface area (Å²) in [7, 11) is 0. The average molecular weight is 289 g/mol. The standard InChI is InChI=1S/C12H7N3O4S/c16-11-9(20-12(17)14-11)4-6-5-13-7-2-1-3-8(10(6)7)15(18)19/h1-5,16H,(H,14,17)/b6-4+. The third kappa shape index (κ3) is 1.91. The van der Waals surface area contributed by atoms with Gasteiger partial charge in [0.1, 0.15) is 0 Å². The van der Waals surface area contributed by atoms with Gasteiger partial charge in [-0.2, -0.15) is 0 Å². The highest BCUT2D eigenvalue weighted by atomic mass is 32.1. The van der Waals surface area contributed by atoms with Crippen molar-refractivity contribution >= 4 is 40.6 Å². The Morgan fingerprint density at radius 2 is 2.25 bits per heavy atom. The Morgan fingerprint density at radius 1 is 1.45 bits per heavy atom. The molecule has 1 aromatic carbocycles. The minimum absolute atomic E-state index is 0.0615.